The SMILES string of the molecule is C[C@@H]1CCN(C)CCC1CO. The minimum atomic E-state index is 0.370. The molecule has 0 aromatic carbocycles. The van der Waals surface area contributed by atoms with Gasteiger partial charge in [-0.2, -0.15) is 0 Å². The van der Waals surface area contributed by atoms with Crippen molar-refractivity contribution in [3.8, 4) is 0 Å². The van der Waals surface area contributed by atoms with E-state index in [0.29, 0.717) is 18.4 Å². The Balaban J connectivity index is 2.41. The van der Waals surface area contributed by atoms with Crippen LogP contribution in [-0.2, 0) is 0 Å². The lowest BCUT2D eigenvalue weighted by Gasteiger charge is -2.17. The van der Waals surface area contributed by atoms with Crippen LogP contribution in [0.25, 0.3) is 0 Å². The highest BCUT2D eigenvalue weighted by atomic mass is 16.3. The first kappa shape index (κ1) is 9.01. The molecule has 0 bridgehead atoms. The molecule has 66 valence electrons. The summed E-state index contributed by atoms with van der Waals surface area (Å²) in [5, 5.41) is 9.05. The van der Waals surface area contributed by atoms with Gasteiger partial charge >= 0.3 is 0 Å². The Morgan fingerprint density at radius 1 is 1.36 bits per heavy atom. The van der Waals surface area contributed by atoms with Gasteiger partial charge in [-0.05, 0) is 44.8 Å². The fourth-order valence-corrected chi connectivity index (χ4v) is 1.71. The number of aliphatic hydroxyl groups excluding tert-OH is 1. The second-order valence-corrected chi connectivity index (χ2v) is 3.80. The van der Waals surface area contributed by atoms with E-state index in [1.54, 1.807) is 0 Å². The van der Waals surface area contributed by atoms with Crippen molar-refractivity contribution in [1.29, 1.82) is 0 Å². The Kier molecular flexibility index (Phi) is 3.34. The number of hydrogen-bond donors (Lipinski definition) is 1. The predicted molar refractivity (Wildman–Crippen MR) is 46.5 cm³/mol. The van der Waals surface area contributed by atoms with Gasteiger partial charge in [0.15, 0.2) is 0 Å². The van der Waals surface area contributed by atoms with E-state index in [1.165, 1.54) is 13.0 Å². The zero-order valence-corrected chi connectivity index (χ0v) is 7.58. The number of hydrogen-bond acceptors (Lipinski definition) is 2. The summed E-state index contributed by atoms with van der Waals surface area (Å²) in [6, 6.07) is 0. The molecule has 1 fully saturated rings. The molecule has 0 spiro atoms. The average Bonchev–Trinajstić information content (AvgIpc) is 2.15. The van der Waals surface area contributed by atoms with E-state index in [1.807, 2.05) is 0 Å². The van der Waals surface area contributed by atoms with Crippen molar-refractivity contribution in [2.45, 2.75) is 19.8 Å². The molecule has 1 N–H and O–H groups in total. The van der Waals surface area contributed by atoms with Crippen LogP contribution < -0.4 is 0 Å². The smallest absolute Gasteiger partial charge is 0.0462 e. The van der Waals surface area contributed by atoms with Crippen molar-refractivity contribution in [3.63, 3.8) is 0 Å². The molecular formula is C9H19NO. The van der Waals surface area contributed by atoms with Gasteiger partial charge in [0.25, 0.3) is 0 Å². The Bertz CT molecular complexity index is 116. The third-order valence-electron chi connectivity index (χ3n) is 2.89. The molecule has 2 atom stereocenters. The number of aliphatic hydroxyl groups is 1. The van der Waals surface area contributed by atoms with E-state index in [-0.39, 0.29) is 0 Å². The summed E-state index contributed by atoms with van der Waals surface area (Å²) in [4.78, 5) is 2.35. The van der Waals surface area contributed by atoms with Crippen LogP contribution in [0.15, 0.2) is 0 Å². The minimum Gasteiger partial charge on any atom is -0.396 e. The molecule has 1 heterocycles. The molecule has 2 nitrogen and oxygen atoms in total. The topological polar surface area (TPSA) is 23.5 Å². The molecule has 11 heavy (non-hydrogen) atoms. The first-order valence-electron chi connectivity index (χ1n) is 4.53. The molecule has 0 aromatic rings. The Hall–Kier alpha value is -0.0800. The highest BCUT2D eigenvalue weighted by Crippen LogP contribution is 2.22. The lowest BCUT2D eigenvalue weighted by Crippen LogP contribution is -2.19. The molecule has 1 aliphatic rings. The van der Waals surface area contributed by atoms with Crippen LogP contribution >= 0.6 is 0 Å². The van der Waals surface area contributed by atoms with Gasteiger partial charge in [-0.1, -0.05) is 6.92 Å². The molecule has 0 radical (unpaired) electrons. The molecular weight excluding hydrogens is 138 g/mol. The summed E-state index contributed by atoms with van der Waals surface area (Å²) in [5.41, 5.74) is 0. The average molecular weight is 157 g/mol. The fraction of sp³-hybridized carbons (Fsp3) is 1.00. The summed E-state index contributed by atoms with van der Waals surface area (Å²) in [6.07, 6.45) is 2.40. The second kappa shape index (κ2) is 4.07. The molecule has 2 heteroatoms. The third-order valence-corrected chi connectivity index (χ3v) is 2.89. The second-order valence-electron chi connectivity index (χ2n) is 3.80. The van der Waals surface area contributed by atoms with Gasteiger partial charge in [0.05, 0.1) is 0 Å². The quantitative estimate of drug-likeness (QED) is 0.613. The number of likely N-dealkylation sites (tertiary alicyclic amines) is 1. The number of nitrogens with zero attached hydrogens (tertiary/aromatic N) is 1. The van der Waals surface area contributed by atoms with E-state index in [9.17, 15) is 0 Å². The summed E-state index contributed by atoms with van der Waals surface area (Å²) in [7, 11) is 2.16. The summed E-state index contributed by atoms with van der Waals surface area (Å²) in [6.45, 7) is 4.96. The van der Waals surface area contributed by atoms with Crippen molar-refractivity contribution >= 4 is 0 Å². The lowest BCUT2D eigenvalue weighted by atomic mass is 9.90. The number of rotatable bonds is 1. The molecule has 0 aliphatic carbocycles. The third kappa shape index (κ3) is 2.46. The molecule has 1 unspecified atom stereocenters. The molecule has 1 rings (SSSR count). The maximum absolute atomic E-state index is 9.05. The van der Waals surface area contributed by atoms with Crippen molar-refractivity contribution < 1.29 is 5.11 Å². The van der Waals surface area contributed by atoms with Gasteiger partial charge in [-0.15, -0.1) is 0 Å². The Labute approximate surface area is 69.2 Å². The van der Waals surface area contributed by atoms with Gasteiger partial charge in [0, 0.05) is 6.61 Å². The van der Waals surface area contributed by atoms with E-state index in [2.05, 4.69) is 18.9 Å². The predicted octanol–water partition coefficient (Wildman–Crippen LogP) is 0.957. The van der Waals surface area contributed by atoms with Crippen LogP contribution in [0.4, 0.5) is 0 Å². The molecule has 0 amide bonds. The first-order chi connectivity index (χ1) is 5.24. The maximum Gasteiger partial charge on any atom is 0.0462 e. The van der Waals surface area contributed by atoms with Gasteiger partial charge in [-0.3, -0.25) is 0 Å². The highest BCUT2D eigenvalue weighted by molar-refractivity contribution is 4.72. The summed E-state index contributed by atoms with van der Waals surface area (Å²) in [5.74, 6) is 1.24. The fourth-order valence-electron chi connectivity index (χ4n) is 1.71. The van der Waals surface area contributed by atoms with Gasteiger partial charge in [-0.25, -0.2) is 0 Å². The largest absolute Gasteiger partial charge is 0.396 e. The van der Waals surface area contributed by atoms with Crippen molar-refractivity contribution in [1.82, 2.24) is 4.90 Å². The standard InChI is InChI=1S/C9H19NO/c1-8-3-5-10(2)6-4-9(8)7-11/h8-9,11H,3-7H2,1-2H3/t8-,9?/m1/s1. The van der Waals surface area contributed by atoms with Crippen LogP contribution in [0.3, 0.4) is 0 Å². The normalized spacial score (nSPS) is 35.2. The van der Waals surface area contributed by atoms with Crippen molar-refractivity contribution in [3.05, 3.63) is 0 Å². The van der Waals surface area contributed by atoms with Crippen LogP contribution in [-0.4, -0.2) is 36.8 Å². The zero-order chi connectivity index (χ0) is 8.27. The van der Waals surface area contributed by atoms with Crippen LogP contribution in [0.1, 0.15) is 19.8 Å². The van der Waals surface area contributed by atoms with E-state index in [0.717, 1.165) is 13.0 Å². The first-order valence-corrected chi connectivity index (χ1v) is 4.53. The van der Waals surface area contributed by atoms with Crippen LogP contribution in [0.2, 0.25) is 0 Å². The van der Waals surface area contributed by atoms with Crippen molar-refractivity contribution in [2.24, 2.45) is 11.8 Å². The van der Waals surface area contributed by atoms with Crippen LogP contribution in [0.5, 0.6) is 0 Å². The highest BCUT2D eigenvalue weighted by Gasteiger charge is 2.20. The van der Waals surface area contributed by atoms with Gasteiger partial charge in [0.2, 0.25) is 0 Å². The van der Waals surface area contributed by atoms with Crippen LogP contribution in [0, 0.1) is 11.8 Å². The van der Waals surface area contributed by atoms with E-state index in [4.69, 9.17) is 5.11 Å². The molecule has 1 saturated heterocycles. The lowest BCUT2D eigenvalue weighted by molar-refractivity contribution is 0.178. The molecule has 0 aromatic heterocycles. The van der Waals surface area contributed by atoms with Gasteiger partial charge < -0.3 is 10.0 Å². The Morgan fingerprint density at radius 2 is 2.00 bits per heavy atom. The van der Waals surface area contributed by atoms with E-state index < -0.39 is 0 Å². The molecule has 0 saturated carbocycles. The van der Waals surface area contributed by atoms with Gasteiger partial charge in [0.1, 0.15) is 0 Å². The zero-order valence-electron chi connectivity index (χ0n) is 7.58. The summed E-state index contributed by atoms with van der Waals surface area (Å²) >= 11 is 0. The Morgan fingerprint density at radius 3 is 2.64 bits per heavy atom. The summed E-state index contributed by atoms with van der Waals surface area (Å²) < 4.78 is 0. The molecule has 1 aliphatic heterocycles. The maximum atomic E-state index is 9.05. The van der Waals surface area contributed by atoms with E-state index >= 15 is 0 Å². The minimum absolute atomic E-state index is 0.370. The van der Waals surface area contributed by atoms with Crippen molar-refractivity contribution in [2.75, 3.05) is 26.7 Å². The monoisotopic (exact) mass is 157 g/mol.